The molecule has 2 rings (SSSR count). The maximum Gasteiger partial charge on any atom is 0.305 e. The number of hydrogen-bond donors (Lipinski definition) is 1. The normalized spacial score (nSPS) is 19.8. The Labute approximate surface area is 114 Å². The number of carboxylic acids is 1. The van der Waals surface area contributed by atoms with E-state index >= 15 is 0 Å². The molecule has 6 heteroatoms. The van der Waals surface area contributed by atoms with E-state index in [2.05, 4.69) is 0 Å². The first-order chi connectivity index (χ1) is 8.58. The smallest absolute Gasteiger partial charge is 0.305 e. The molecule has 1 aliphatic heterocycles. The van der Waals surface area contributed by atoms with Crippen LogP contribution in [0.15, 0.2) is 12.1 Å². The van der Waals surface area contributed by atoms with Gasteiger partial charge < -0.3 is 10.0 Å². The van der Waals surface area contributed by atoms with Gasteiger partial charge in [-0.15, -0.1) is 11.3 Å². The number of carbonyl (C=O) groups is 2. The molecule has 0 radical (unpaired) electrons. The largest absolute Gasteiger partial charge is 0.481 e. The van der Waals surface area contributed by atoms with Crippen LogP contribution >= 0.6 is 22.9 Å². The zero-order valence-corrected chi connectivity index (χ0v) is 11.3. The van der Waals surface area contributed by atoms with Gasteiger partial charge in [-0.3, -0.25) is 9.59 Å². The van der Waals surface area contributed by atoms with E-state index in [1.165, 1.54) is 11.3 Å². The van der Waals surface area contributed by atoms with Gasteiger partial charge in [-0.25, -0.2) is 0 Å². The SMILES string of the molecule is O=C(O)CC1CCCCN1C(=O)c1ccc(Cl)s1. The van der Waals surface area contributed by atoms with Crippen molar-refractivity contribution in [2.24, 2.45) is 0 Å². The lowest BCUT2D eigenvalue weighted by Crippen LogP contribution is -2.44. The average molecular weight is 288 g/mol. The third kappa shape index (κ3) is 3.03. The van der Waals surface area contributed by atoms with Crippen LogP contribution in [0.2, 0.25) is 4.34 Å². The first kappa shape index (κ1) is 13.4. The Balaban J connectivity index is 2.13. The van der Waals surface area contributed by atoms with Gasteiger partial charge in [-0.1, -0.05) is 11.6 Å². The number of thiophene rings is 1. The molecule has 0 spiro atoms. The number of piperidine rings is 1. The fourth-order valence-electron chi connectivity index (χ4n) is 2.25. The van der Waals surface area contributed by atoms with Crippen molar-refractivity contribution in [3.05, 3.63) is 21.3 Å². The molecule has 1 aliphatic rings. The molecule has 18 heavy (non-hydrogen) atoms. The Kier molecular flexibility index (Phi) is 4.24. The minimum atomic E-state index is -0.857. The van der Waals surface area contributed by atoms with Crippen LogP contribution in [0.5, 0.6) is 0 Å². The van der Waals surface area contributed by atoms with E-state index in [1.54, 1.807) is 17.0 Å². The number of aliphatic carboxylic acids is 1. The fourth-order valence-corrected chi connectivity index (χ4v) is 3.25. The van der Waals surface area contributed by atoms with Gasteiger partial charge in [-0.2, -0.15) is 0 Å². The van der Waals surface area contributed by atoms with Crippen LogP contribution in [0.4, 0.5) is 0 Å². The number of halogens is 1. The molecule has 2 heterocycles. The van der Waals surface area contributed by atoms with Crippen LogP contribution in [-0.4, -0.2) is 34.5 Å². The minimum absolute atomic E-state index is 0.0187. The van der Waals surface area contributed by atoms with Crippen LogP contribution in [0.25, 0.3) is 0 Å². The topological polar surface area (TPSA) is 57.6 Å². The van der Waals surface area contributed by atoms with Crippen molar-refractivity contribution in [3.8, 4) is 0 Å². The Hall–Kier alpha value is -1.07. The summed E-state index contributed by atoms with van der Waals surface area (Å²) in [6.07, 6.45) is 2.69. The Morgan fingerprint density at radius 3 is 2.83 bits per heavy atom. The van der Waals surface area contributed by atoms with E-state index in [0.717, 1.165) is 19.3 Å². The molecule has 1 amide bonds. The van der Waals surface area contributed by atoms with Crippen molar-refractivity contribution < 1.29 is 14.7 Å². The molecule has 0 aromatic carbocycles. The van der Waals surface area contributed by atoms with Crippen molar-refractivity contribution in [1.29, 1.82) is 0 Å². The number of amides is 1. The van der Waals surface area contributed by atoms with Crippen LogP contribution in [0, 0.1) is 0 Å². The molecule has 1 atom stereocenters. The number of carbonyl (C=O) groups excluding carboxylic acids is 1. The Morgan fingerprint density at radius 1 is 1.44 bits per heavy atom. The van der Waals surface area contributed by atoms with Gasteiger partial charge in [0.05, 0.1) is 15.6 Å². The van der Waals surface area contributed by atoms with Crippen LogP contribution in [0.1, 0.15) is 35.4 Å². The molecule has 1 unspecified atom stereocenters. The summed E-state index contributed by atoms with van der Waals surface area (Å²) in [5.41, 5.74) is 0. The first-order valence-corrected chi connectivity index (χ1v) is 7.05. The minimum Gasteiger partial charge on any atom is -0.481 e. The zero-order valence-electron chi connectivity index (χ0n) is 9.76. The molecule has 4 nitrogen and oxygen atoms in total. The van der Waals surface area contributed by atoms with Gasteiger partial charge >= 0.3 is 5.97 Å². The zero-order chi connectivity index (χ0) is 13.1. The van der Waals surface area contributed by atoms with Gasteiger partial charge in [-0.05, 0) is 31.4 Å². The second-order valence-electron chi connectivity index (χ2n) is 4.35. The summed E-state index contributed by atoms with van der Waals surface area (Å²) < 4.78 is 0.574. The molecule has 0 aliphatic carbocycles. The van der Waals surface area contributed by atoms with Gasteiger partial charge in [0.1, 0.15) is 0 Å². The van der Waals surface area contributed by atoms with Gasteiger partial charge in [0.25, 0.3) is 5.91 Å². The lowest BCUT2D eigenvalue weighted by atomic mass is 9.99. The van der Waals surface area contributed by atoms with Crippen molar-refractivity contribution >= 4 is 34.8 Å². The van der Waals surface area contributed by atoms with Crippen molar-refractivity contribution in [3.63, 3.8) is 0 Å². The maximum absolute atomic E-state index is 12.3. The van der Waals surface area contributed by atoms with E-state index in [1.807, 2.05) is 0 Å². The van der Waals surface area contributed by atoms with Crippen molar-refractivity contribution in [2.75, 3.05) is 6.54 Å². The molecule has 1 aromatic rings. The van der Waals surface area contributed by atoms with Gasteiger partial charge in [0, 0.05) is 12.6 Å². The third-order valence-electron chi connectivity index (χ3n) is 3.08. The molecular weight excluding hydrogens is 274 g/mol. The van der Waals surface area contributed by atoms with Crippen LogP contribution in [-0.2, 0) is 4.79 Å². The number of nitrogens with zero attached hydrogens (tertiary/aromatic N) is 1. The Morgan fingerprint density at radius 2 is 2.22 bits per heavy atom. The summed E-state index contributed by atoms with van der Waals surface area (Å²) in [6, 6.07) is 3.20. The summed E-state index contributed by atoms with van der Waals surface area (Å²) in [5.74, 6) is -0.957. The lowest BCUT2D eigenvalue weighted by molar-refractivity contribution is -0.138. The van der Waals surface area contributed by atoms with Crippen molar-refractivity contribution in [1.82, 2.24) is 4.90 Å². The highest BCUT2D eigenvalue weighted by Crippen LogP contribution is 2.27. The second kappa shape index (κ2) is 5.71. The molecule has 1 aromatic heterocycles. The second-order valence-corrected chi connectivity index (χ2v) is 6.06. The third-order valence-corrected chi connectivity index (χ3v) is 4.30. The van der Waals surface area contributed by atoms with E-state index in [-0.39, 0.29) is 18.4 Å². The molecule has 1 fully saturated rings. The monoisotopic (exact) mass is 287 g/mol. The fraction of sp³-hybridized carbons (Fsp3) is 0.500. The summed E-state index contributed by atoms with van der Waals surface area (Å²) in [7, 11) is 0. The molecule has 98 valence electrons. The van der Waals surface area contributed by atoms with E-state index in [9.17, 15) is 9.59 Å². The standard InChI is InChI=1S/C12H14ClNO3S/c13-10-5-4-9(18-10)12(17)14-6-2-1-3-8(14)7-11(15)16/h4-5,8H,1-3,6-7H2,(H,15,16). The van der Waals surface area contributed by atoms with Crippen LogP contribution in [0.3, 0.4) is 0 Å². The number of hydrogen-bond acceptors (Lipinski definition) is 3. The van der Waals surface area contributed by atoms with Gasteiger partial charge in [0.15, 0.2) is 0 Å². The van der Waals surface area contributed by atoms with Gasteiger partial charge in [0.2, 0.25) is 0 Å². The summed E-state index contributed by atoms with van der Waals surface area (Å²) in [5, 5.41) is 8.88. The van der Waals surface area contributed by atoms with E-state index in [4.69, 9.17) is 16.7 Å². The quantitative estimate of drug-likeness (QED) is 0.930. The van der Waals surface area contributed by atoms with Crippen LogP contribution < -0.4 is 0 Å². The molecule has 1 saturated heterocycles. The highest BCUT2D eigenvalue weighted by Gasteiger charge is 2.29. The Bertz CT molecular complexity index is 460. The maximum atomic E-state index is 12.3. The predicted octanol–water partition coefficient (Wildman–Crippen LogP) is 2.87. The summed E-state index contributed by atoms with van der Waals surface area (Å²) >= 11 is 7.05. The molecule has 0 saturated carbocycles. The summed E-state index contributed by atoms with van der Waals surface area (Å²) in [6.45, 7) is 0.631. The lowest BCUT2D eigenvalue weighted by Gasteiger charge is -2.34. The molecule has 1 N–H and O–H groups in total. The van der Waals surface area contributed by atoms with Crippen molar-refractivity contribution in [2.45, 2.75) is 31.7 Å². The first-order valence-electron chi connectivity index (χ1n) is 5.86. The van der Waals surface area contributed by atoms with E-state index in [0.29, 0.717) is 15.8 Å². The predicted molar refractivity (Wildman–Crippen MR) is 70.3 cm³/mol. The number of carboxylic acid groups (broad SMARTS) is 1. The molecular formula is C12H14ClNO3S. The average Bonchev–Trinajstić information content (AvgIpc) is 2.75. The van der Waals surface area contributed by atoms with E-state index < -0.39 is 5.97 Å². The highest BCUT2D eigenvalue weighted by molar-refractivity contribution is 7.17. The highest BCUT2D eigenvalue weighted by atomic mass is 35.5. The summed E-state index contributed by atoms with van der Waals surface area (Å²) in [4.78, 5) is 25.4. The number of rotatable bonds is 3. The number of likely N-dealkylation sites (tertiary alicyclic amines) is 1. The molecule has 0 bridgehead atoms.